The Hall–Kier alpha value is -2.64. The predicted molar refractivity (Wildman–Crippen MR) is 134 cm³/mol. The zero-order valence-electron chi connectivity index (χ0n) is 18.9. The lowest BCUT2D eigenvalue weighted by Gasteiger charge is -2.33. The van der Waals surface area contributed by atoms with Gasteiger partial charge in [0.2, 0.25) is 5.91 Å². The molecule has 33 heavy (non-hydrogen) atoms. The molecule has 1 atom stereocenters. The fourth-order valence-electron chi connectivity index (χ4n) is 4.36. The maximum absolute atomic E-state index is 13.9. The van der Waals surface area contributed by atoms with Gasteiger partial charge in [-0.25, -0.2) is 0 Å². The lowest BCUT2D eigenvalue weighted by Crippen LogP contribution is -2.46. The minimum Gasteiger partial charge on any atom is -0.494 e. The summed E-state index contributed by atoms with van der Waals surface area (Å²) in [5, 5.41) is 7.15. The van der Waals surface area contributed by atoms with Crippen LogP contribution in [0.4, 0.5) is 0 Å². The highest BCUT2D eigenvalue weighted by molar-refractivity contribution is 7.12. The van der Waals surface area contributed by atoms with Gasteiger partial charge in [0.05, 0.1) is 18.0 Å². The molecule has 2 amide bonds. The number of ether oxygens (including phenoxy) is 1. The molecule has 0 radical (unpaired) electrons. The summed E-state index contributed by atoms with van der Waals surface area (Å²) in [6.45, 7) is 2.77. The van der Waals surface area contributed by atoms with Gasteiger partial charge in [-0.15, -0.1) is 22.7 Å². The smallest absolute Gasteiger partial charge is 0.265 e. The first-order valence-electron chi connectivity index (χ1n) is 11.6. The summed E-state index contributed by atoms with van der Waals surface area (Å²) >= 11 is 2.98. The fourth-order valence-corrected chi connectivity index (χ4v) is 5.75. The van der Waals surface area contributed by atoms with E-state index in [-0.39, 0.29) is 17.9 Å². The first-order valence-corrected chi connectivity index (χ1v) is 13.3. The van der Waals surface area contributed by atoms with Gasteiger partial charge in [-0.05, 0) is 48.7 Å². The summed E-state index contributed by atoms with van der Waals surface area (Å²) in [4.78, 5) is 30.9. The van der Waals surface area contributed by atoms with E-state index in [0.29, 0.717) is 29.3 Å². The van der Waals surface area contributed by atoms with Crippen molar-refractivity contribution in [2.24, 2.45) is 0 Å². The lowest BCUT2D eigenvalue weighted by atomic mass is 9.94. The van der Waals surface area contributed by atoms with Crippen LogP contribution in [0.25, 0.3) is 0 Å². The van der Waals surface area contributed by atoms with E-state index in [1.807, 2.05) is 66.2 Å². The van der Waals surface area contributed by atoms with Gasteiger partial charge in [0.25, 0.3) is 5.91 Å². The Balaban J connectivity index is 1.75. The van der Waals surface area contributed by atoms with E-state index in [1.54, 1.807) is 16.2 Å². The molecule has 2 aromatic heterocycles. The standard InChI is InChI=1S/C26H30N2O3S2/c1-2-31-22-14-7-6-13-21(22)24(25(29)27-19-10-4-3-5-11-19)28(18-20-12-8-16-32-20)26(30)23-15-9-17-33-23/h6-9,12-17,19,24H,2-5,10-11,18H2,1H3,(H,27,29). The first-order chi connectivity index (χ1) is 16.2. The highest BCUT2D eigenvalue weighted by Crippen LogP contribution is 2.34. The van der Waals surface area contributed by atoms with Gasteiger partial charge in [-0.3, -0.25) is 9.59 Å². The molecular formula is C26H30N2O3S2. The summed E-state index contributed by atoms with van der Waals surface area (Å²) in [5.41, 5.74) is 0.717. The molecule has 1 saturated carbocycles. The monoisotopic (exact) mass is 482 g/mol. The molecule has 2 heterocycles. The number of carbonyl (C=O) groups excluding carboxylic acids is 2. The van der Waals surface area contributed by atoms with E-state index in [4.69, 9.17) is 4.74 Å². The quantitative estimate of drug-likeness (QED) is 0.404. The summed E-state index contributed by atoms with van der Waals surface area (Å²) in [5.74, 6) is 0.350. The van der Waals surface area contributed by atoms with Gasteiger partial charge < -0.3 is 15.0 Å². The van der Waals surface area contributed by atoms with Gasteiger partial charge >= 0.3 is 0 Å². The Morgan fingerprint density at radius 1 is 1.03 bits per heavy atom. The van der Waals surface area contributed by atoms with Crippen molar-refractivity contribution in [1.29, 1.82) is 0 Å². The minimum absolute atomic E-state index is 0.143. The zero-order chi connectivity index (χ0) is 23.0. The second kappa shape index (κ2) is 11.5. The highest BCUT2D eigenvalue weighted by atomic mass is 32.1. The van der Waals surface area contributed by atoms with Crippen LogP contribution in [0.5, 0.6) is 5.75 Å². The number of rotatable bonds is 9. The van der Waals surface area contributed by atoms with Crippen LogP contribution in [0, 0.1) is 0 Å². The molecule has 0 spiro atoms. The van der Waals surface area contributed by atoms with Crippen molar-refractivity contribution in [2.75, 3.05) is 6.61 Å². The molecule has 7 heteroatoms. The van der Waals surface area contributed by atoms with Crippen LogP contribution in [0.2, 0.25) is 0 Å². The van der Waals surface area contributed by atoms with Crippen molar-refractivity contribution < 1.29 is 14.3 Å². The summed E-state index contributed by atoms with van der Waals surface area (Å²) in [6, 6.07) is 14.6. The highest BCUT2D eigenvalue weighted by Gasteiger charge is 2.35. The maximum atomic E-state index is 13.9. The average Bonchev–Trinajstić information content (AvgIpc) is 3.55. The van der Waals surface area contributed by atoms with Gasteiger partial charge in [-0.2, -0.15) is 0 Å². The zero-order valence-corrected chi connectivity index (χ0v) is 20.5. The van der Waals surface area contributed by atoms with E-state index in [0.717, 1.165) is 30.6 Å². The van der Waals surface area contributed by atoms with E-state index in [1.165, 1.54) is 17.8 Å². The number of hydrogen-bond acceptors (Lipinski definition) is 5. The number of para-hydroxylation sites is 1. The minimum atomic E-state index is -0.786. The number of thiophene rings is 2. The van der Waals surface area contributed by atoms with Crippen molar-refractivity contribution in [2.45, 2.75) is 57.7 Å². The van der Waals surface area contributed by atoms with Gasteiger partial charge in [-0.1, -0.05) is 49.6 Å². The van der Waals surface area contributed by atoms with Crippen molar-refractivity contribution in [3.63, 3.8) is 0 Å². The number of nitrogens with one attached hydrogen (secondary N) is 1. The van der Waals surface area contributed by atoms with Crippen molar-refractivity contribution >= 4 is 34.5 Å². The molecule has 0 bridgehead atoms. The molecule has 3 aromatic rings. The Kier molecular flexibility index (Phi) is 8.18. The molecule has 0 aliphatic heterocycles. The summed E-state index contributed by atoms with van der Waals surface area (Å²) in [6.07, 6.45) is 5.42. The van der Waals surface area contributed by atoms with E-state index >= 15 is 0 Å². The second-order valence-corrected chi connectivity index (χ2v) is 10.2. The molecule has 1 N–H and O–H groups in total. The van der Waals surface area contributed by atoms with Crippen LogP contribution < -0.4 is 10.1 Å². The predicted octanol–water partition coefficient (Wildman–Crippen LogP) is 6.04. The van der Waals surface area contributed by atoms with Crippen LogP contribution in [-0.2, 0) is 11.3 Å². The Morgan fingerprint density at radius 3 is 2.48 bits per heavy atom. The van der Waals surface area contributed by atoms with Crippen molar-refractivity contribution in [3.8, 4) is 5.75 Å². The third-order valence-electron chi connectivity index (χ3n) is 5.92. The molecule has 5 nitrogen and oxygen atoms in total. The molecule has 1 fully saturated rings. The van der Waals surface area contributed by atoms with Crippen LogP contribution in [0.3, 0.4) is 0 Å². The first kappa shape index (κ1) is 23.5. The number of hydrogen-bond donors (Lipinski definition) is 1. The van der Waals surface area contributed by atoms with Crippen molar-refractivity contribution in [3.05, 3.63) is 74.6 Å². The molecule has 1 aromatic carbocycles. The average molecular weight is 483 g/mol. The van der Waals surface area contributed by atoms with Crippen LogP contribution in [0.1, 0.15) is 65.2 Å². The number of amides is 2. The fraction of sp³-hybridized carbons (Fsp3) is 0.385. The molecule has 174 valence electrons. The topological polar surface area (TPSA) is 58.6 Å². The lowest BCUT2D eigenvalue weighted by molar-refractivity contribution is -0.127. The molecule has 1 unspecified atom stereocenters. The van der Waals surface area contributed by atoms with Crippen LogP contribution in [-0.4, -0.2) is 29.4 Å². The van der Waals surface area contributed by atoms with Crippen LogP contribution >= 0.6 is 22.7 Å². The van der Waals surface area contributed by atoms with Gasteiger partial charge in [0, 0.05) is 16.5 Å². The molecule has 0 saturated heterocycles. The van der Waals surface area contributed by atoms with E-state index in [9.17, 15) is 9.59 Å². The van der Waals surface area contributed by atoms with Gasteiger partial charge in [0.1, 0.15) is 11.8 Å². The maximum Gasteiger partial charge on any atom is 0.265 e. The van der Waals surface area contributed by atoms with E-state index < -0.39 is 6.04 Å². The molecule has 1 aliphatic carbocycles. The normalized spacial score (nSPS) is 15.1. The number of benzene rings is 1. The van der Waals surface area contributed by atoms with Gasteiger partial charge in [0.15, 0.2) is 0 Å². The number of nitrogens with zero attached hydrogens (tertiary/aromatic N) is 1. The Bertz CT molecular complexity index is 1030. The number of carbonyl (C=O) groups is 2. The largest absolute Gasteiger partial charge is 0.494 e. The Labute approximate surface area is 203 Å². The molecule has 1 aliphatic rings. The van der Waals surface area contributed by atoms with E-state index in [2.05, 4.69) is 5.32 Å². The summed E-state index contributed by atoms with van der Waals surface area (Å²) < 4.78 is 5.90. The van der Waals surface area contributed by atoms with Crippen molar-refractivity contribution in [1.82, 2.24) is 10.2 Å². The Morgan fingerprint density at radius 2 is 1.79 bits per heavy atom. The third kappa shape index (κ3) is 5.84. The summed E-state index contributed by atoms with van der Waals surface area (Å²) in [7, 11) is 0. The second-order valence-electron chi connectivity index (χ2n) is 8.21. The molecule has 4 rings (SSSR count). The SMILES string of the molecule is CCOc1ccccc1C(C(=O)NC1CCCCC1)N(Cc1cccs1)C(=O)c1cccs1. The third-order valence-corrected chi connectivity index (χ3v) is 7.64. The van der Waals surface area contributed by atoms with Crippen LogP contribution in [0.15, 0.2) is 59.3 Å². The molecular weight excluding hydrogens is 452 g/mol.